The number of amides is 1. The highest BCUT2D eigenvalue weighted by molar-refractivity contribution is 5.99. The molecule has 1 aliphatic heterocycles. The average Bonchev–Trinajstić information content (AvgIpc) is 2.47. The Bertz CT molecular complexity index is 346. The molecule has 0 fully saturated rings. The lowest BCUT2D eigenvalue weighted by Gasteiger charge is -2.20. The van der Waals surface area contributed by atoms with Crippen LogP contribution >= 0.6 is 0 Å². The maximum absolute atomic E-state index is 11.4. The number of nitrogens with one attached hydrogen (secondary N) is 2. The third-order valence-electron chi connectivity index (χ3n) is 1.93. The van der Waals surface area contributed by atoms with E-state index >= 15 is 0 Å². The van der Waals surface area contributed by atoms with Gasteiger partial charge in [-0.05, 0) is 6.92 Å². The second-order valence-electron chi connectivity index (χ2n) is 2.75. The number of carbonyl (C=O) groups excluding carboxylic acids is 1. The number of hydrogen-bond donors (Lipinski definition) is 3. The van der Waals surface area contributed by atoms with Gasteiger partial charge in [0.1, 0.15) is 0 Å². The summed E-state index contributed by atoms with van der Waals surface area (Å²) in [5, 5.41) is 14.1. The van der Waals surface area contributed by atoms with Crippen LogP contribution in [-0.4, -0.2) is 26.9 Å². The van der Waals surface area contributed by atoms with Crippen LogP contribution in [0.4, 0.5) is 5.82 Å². The van der Waals surface area contributed by atoms with Gasteiger partial charge in [-0.1, -0.05) is 0 Å². The second kappa shape index (κ2) is 2.74. The summed E-state index contributed by atoms with van der Waals surface area (Å²) < 4.78 is 1.71. The first-order chi connectivity index (χ1) is 6.22. The molecule has 1 atom stereocenters. The number of fused-ring (bicyclic) bond motifs is 1. The predicted molar refractivity (Wildman–Crippen MR) is 45.0 cm³/mol. The third-order valence-corrected chi connectivity index (χ3v) is 1.93. The number of aliphatic hydroxyl groups is 1. The average molecular weight is 182 g/mol. The van der Waals surface area contributed by atoms with Crippen molar-refractivity contribution >= 4 is 11.7 Å². The molecule has 0 saturated heterocycles. The number of rotatable bonds is 1. The van der Waals surface area contributed by atoms with E-state index in [9.17, 15) is 4.79 Å². The first-order valence-corrected chi connectivity index (χ1v) is 4.03. The van der Waals surface area contributed by atoms with Crippen molar-refractivity contribution in [2.75, 3.05) is 5.32 Å². The summed E-state index contributed by atoms with van der Waals surface area (Å²) in [5.74, 6) is 0.124. The molecule has 0 radical (unpaired) electrons. The number of anilines is 1. The standard InChI is InChI=1S/C7H10N4O2/c1-2-11-3-8-5-4(11)6(12)10-7(13)9-5/h3,7,9,13H,2H2,1H3,(H,10,12). The van der Waals surface area contributed by atoms with Crippen molar-refractivity contribution in [2.24, 2.45) is 0 Å². The van der Waals surface area contributed by atoms with Gasteiger partial charge in [0.05, 0.1) is 6.33 Å². The van der Waals surface area contributed by atoms with E-state index in [-0.39, 0.29) is 5.91 Å². The zero-order chi connectivity index (χ0) is 9.42. The zero-order valence-corrected chi connectivity index (χ0v) is 7.11. The molecule has 3 N–H and O–H groups in total. The van der Waals surface area contributed by atoms with Crippen molar-refractivity contribution in [2.45, 2.75) is 19.8 Å². The molecule has 0 aromatic carbocycles. The number of hydrogen-bond acceptors (Lipinski definition) is 4. The van der Waals surface area contributed by atoms with Gasteiger partial charge in [0.2, 0.25) is 6.35 Å². The maximum Gasteiger partial charge on any atom is 0.275 e. The Kier molecular flexibility index (Phi) is 1.70. The number of nitrogens with zero attached hydrogens (tertiary/aromatic N) is 2. The lowest BCUT2D eigenvalue weighted by molar-refractivity contribution is 0.0802. The van der Waals surface area contributed by atoms with Crippen LogP contribution in [0.3, 0.4) is 0 Å². The Morgan fingerprint density at radius 2 is 2.46 bits per heavy atom. The van der Waals surface area contributed by atoms with Crippen LogP contribution in [0.2, 0.25) is 0 Å². The summed E-state index contributed by atoms with van der Waals surface area (Å²) in [6.07, 6.45) is 0.523. The van der Waals surface area contributed by atoms with Gasteiger partial charge in [0.15, 0.2) is 11.5 Å². The van der Waals surface area contributed by atoms with Crippen LogP contribution in [0.15, 0.2) is 6.33 Å². The van der Waals surface area contributed by atoms with E-state index in [1.54, 1.807) is 10.9 Å². The fraction of sp³-hybridized carbons (Fsp3) is 0.429. The maximum atomic E-state index is 11.4. The summed E-state index contributed by atoms with van der Waals surface area (Å²) in [5.41, 5.74) is 0.466. The van der Waals surface area contributed by atoms with Gasteiger partial charge in [0, 0.05) is 6.54 Å². The first kappa shape index (κ1) is 8.06. The number of aliphatic hydroxyl groups excluding tert-OH is 1. The minimum Gasteiger partial charge on any atom is -0.356 e. The molecular weight excluding hydrogens is 172 g/mol. The first-order valence-electron chi connectivity index (χ1n) is 4.03. The van der Waals surface area contributed by atoms with E-state index < -0.39 is 6.35 Å². The fourth-order valence-electron chi connectivity index (χ4n) is 1.32. The molecule has 0 bridgehead atoms. The number of carbonyl (C=O) groups is 1. The number of imidazole rings is 1. The van der Waals surface area contributed by atoms with E-state index in [0.717, 1.165) is 0 Å². The highest BCUT2D eigenvalue weighted by Crippen LogP contribution is 2.17. The van der Waals surface area contributed by atoms with Crippen molar-refractivity contribution in [3.8, 4) is 0 Å². The van der Waals surface area contributed by atoms with Crippen molar-refractivity contribution in [3.63, 3.8) is 0 Å². The summed E-state index contributed by atoms with van der Waals surface area (Å²) in [7, 11) is 0. The van der Waals surface area contributed by atoms with Gasteiger partial charge in [-0.15, -0.1) is 0 Å². The molecule has 2 rings (SSSR count). The molecule has 1 unspecified atom stereocenters. The van der Waals surface area contributed by atoms with E-state index in [1.165, 1.54) is 0 Å². The molecule has 0 saturated carbocycles. The Balaban J connectivity index is 2.46. The Morgan fingerprint density at radius 3 is 3.15 bits per heavy atom. The number of aryl methyl sites for hydroxylation is 1. The van der Waals surface area contributed by atoms with Crippen LogP contribution in [0, 0.1) is 0 Å². The number of aromatic nitrogens is 2. The van der Waals surface area contributed by atoms with E-state index in [4.69, 9.17) is 5.11 Å². The summed E-state index contributed by atoms with van der Waals surface area (Å²) in [6, 6.07) is 0. The van der Waals surface area contributed by atoms with Gasteiger partial charge in [0.25, 0.3) is 5.91 Å². The van der Waals surface area contributed by atoms with Crippen LogP contribution < -0.4 is 10.6 Å². The SMILES string of the molecule is CCn1cnc2c1C(=O)NC(O)N2. The molecule has 1 amide bonds. The Morgan fingerprint density at radius 1 is 1.69 bits per heavy atom. The molecule has 2 heterocycles. The molecule has 1 aromatic rings. The van der Waals surface area contributed by atoms with Crippen molar-refractivity contribution < 1.29 is 9.90 Å². The minimum atomic E-state index is -1.04. The summed E-state index contributed by atoms with van der Waals surface area (Å²) >= 11 is 0. The largest absolute Gasteiger partial charge is 0.356 e. The van der Waals surface area contributed by atoms with E-state index in [1.807, 2.05) is 6.92 Å². The highest BCUT2D eigenvalue weighted by Gasteiger charge is 2.26. The zero-order valence-electron chi connectivity index (χ0n) is 7.11. The molecular formula is C7H10N4O2. The van der Waals surface area contributed by atoms with Gasteiger partial charge in [-0.3, -0.25) is 4.79 Å². The van der Waals surface area contributed by atoms with Crippen molar-refractivity contribution in [3.05, 3.63) is 12.0 Å². The predicted octanol–water partition coefficient (Wildman–Crippen LogP) is -0.666. The third kappa shape index (κ3) is 1.15. The highest BCUT2D eigenvalue weighted by atomic mass is 16.3. The molecule has 1 aromatic heterocycles. The van der Waals surface area contributed by atoms with Crippen LogP contribution in [0.25, 0.3) is 0 Å². The van der Waals surface area contributed by atoms with Gasteiger partial charge < -0.3 is 20.3 Å². The second-order valence-corrected chi connectivity index (χ2v) is 2.75. The normalized spacial score (nSPS) is 20.5. The summed E-state index contributed by atoms with van der Waals surface area (Å²) in [4.78, 5) is 15.3. The van der Waals surface area contributed by atoms with Crippen LogP contribution in [0.5, 0.6) is 0 Å². The molecule has 13 heavy (non-hydrogen) atoms. The van der Waals surface area contributed by atoms with Crippen LogP contribution in [-0.2, 0) is 6.54 Å². The lowest BCUT2D eigenvalue weighted by Crippen LogP contribution is -2.45. The molecule has 0 spiro atoms. The van der Waals surface area contributed by atoms with Gasteiger partial charge in [-0.25, -0.2) is 4.98 Å². The molecule has 0 aliphatic carbocycles. The minimum absolute atomic E-state index is 0.305. The van der Waals surface area contributed by atoms with Crippen molar-refractivity contribution in [1.82, 2.24) is 14.9 Å². The Labute approximate surface area is 74.6 Å². The van der Waals surface area contributed by atoms with Crippen LogP contribution in [0.1, 0.15) is 17.4 Å². The van der Waals surface area contributed by atoms with Crippen molar-refractivity contribution in [1.29, 1.82) is 0 Å². The smallest absolute Gasteiger partial charge is 0.275 e. The van der Waals surface area contributed by atoms with E-state index in [2.05, 4.69) is 15.6 Å². The topological polar surface area (TPSA) is 79.2 Å². The van der Waals surface area contributed by atoms with Gasteiger partial charge >= 0.3 is 0 Å². The van der Waals surface area contributed by atoms with E-state index in [0.29, 0.717) is 18.1 Å². The Hall–Kier alpha value is -1.56. The lowest BCUT2D eigenvalue weighted by atomic mass is 10.3. The molecule has 6 nitrogen and oxygen atoms in total. The quantitative estimate of drug-likeness (QED) is 0.538. The molecule has 1 aliphatic rings. The monoisotopic (exact) mass is 182 g/mol. The molecule has 6 heteroatoms. The summed E-state index contributed by atoms with van der Waals surface area (Å²) in [6.45, 7) is 2.59. The molecule has 70 valence electrons. The van der Waals surface area contributed by atoms with Gasteiger partial charge in [-0.2, -0.15) is 0 Å². The fourth-order valence-corrected chi connectivity index (χ4v) is 1.32.